The lowest BCUT2D eigenvalue weighted by atomic mass is 9.67. The summed E-state index contributed by atoms with van der Waals surface area (Å²) in [6.07, 6.45) is 0. The van der Waals surface area contributed by atoms with Gasteiger partial charge in [-0.25, -0.2) is 0 Å². The van der Waals surface area contributed by atoms with Gasteiger partial charge in [0.05, 0.1) is 11.1 Å². The Kier molecular flexibility index (Phi) is 7.77. The fourth-order valence-electron chi connectivity index (χ4n) is 11.1. The topological polar surface area (TPSA) is 29.5 Å². The number of fused-ring (bicyclic) bond motifs is 13. The van der Waals surface area contributed by atoms with Crippen LogP contribution >= 0.6 is 11.3 Å². The van der Waals surface area contributed by atoms with Crippen LogP contribution < -0.4 is 4.90 Å². The molecule has 1 aliphatic carbocycles. The van der Waals surface area contributed by atoms with Crippen LogP contribution in [0.1, 0.15) is 22.3 Å². The van der Waals surface area contributed by atoms with Crippen LogP contribution in [-0.2, 0) is 5.41 Å². The molecule has 14 rings (SSSR count). The highest BCUT2D eigenvalue weighted by Gasteiger charge is 2.46. The van der Waals surface area contributed by atoms with Crippen LogP contribution in [0.4, 0.5) is 17.1 Å². The monoisotopic (exact) mass is 847 g/mol. The second-order valence-electron chi connectivity index (χ2n) is 17.1. The van der Waals surface area contributed by atoms with Crippen LogP contribution in [0.2, 0.25) is 0 Å². The van der Waals surface area contributed by atoms with E-state index in [2.05, 4.69) is 223 Å². The molecule has 0 radical (unpaired) electrons. The maximum Gasteiger partial charge on any atom is 0.160 e. The van der Waals surface area contributed by atoms with E-state index < -0.39 is 5.41 Å². The minimum atomic E-state index is -0.553. The van der Waals surface area contributed by atoms with E-state index in [4.69, 9.17) is 8.83 Å². The lowest BCUT2D eigenvalue weighted by Gasteiger charge is -2.35. The second kappa shape index (κ2) is 13.9. The molecule has 0 N–H and O–H groups in total. The standard InChI is InChI=1S/C61H37NO2S/c1-4-17-38(18-5-1)61(39-19-6-2-7-20-39)49-28-13-10-23-42(49)43-32-31-41(37-50(43)61)62(40-21-8-3-9-22-40)51-34-33-45(47-27-16-26-46-44-24-12-15-30-55(44)65-60(46)47)57-58-54(64-59(51)57)36-35-53-56(58)48-25-11-14-29-52(48)63-53/h1-37H. The summed E-state index contributed by atoms with van der Waals surface area (Å²) in [5, 5.41) is 6.80. The van der Waals surface area contributed by atoms with Gasteiger partial charge in [0.1, 0.15) is 16.7 Å². The maximum atomic E-state index is 7.31. The second-order valence-corrected chi connectivity index (χ2v) is 18.1. The molecule has 304 valence electrons. The van der Waals surface area contributed by atoms with Gasteiger partial charge >= 0.3 is 0 Å². The lowest BCUT2D eigenvalue weighted by Crippen LogP contribution is -2.28. The number of thiophene rings is 1. The zero-order chi connectivity index (χ0) is 42.6. The van der Waals surface area contributed by atoms with Crippen LogP contribution in [0.3, 0.4) is 0 Å². The Labute approximate surface area is 378 Å². The molecule has 0 aliphatic heterocycles. The highest BCUT2D eigenvalue weighted by molar-refractivity contribution is 7.26. The molecule has 4 heteroatoms. The van der Waals surface area contributed by atoms with Gasteiger partial charge in [0.15, 0.2) is 5.58 Å². The first-order chi connectivity index (χ1) is 32.3. The molecule has 1 aliphatic rings. The summed E-state index contributed by atoms with van der Waals surface area (Å²) >= 11 is 1.85. The zero-order valence-corrected chi connectivity index (χ0v) is 35.9. The highest BCUT2D eigenvalue weighted by Crippen LogP contribution is 2.58. The van der Waals surface area contributed by atoms with Gasteiger partial charge in [-0.1, -0.05) is 170 Å². The van der Waals surface area contributed by atoms with Crippen molar-refractivity contribution in [2.24, 2.45) is 0 Å². The molecule has 0 unspecified atom stereocenters. The summed E-state index contributed by atoms with van der Waals surface area (Å²) in [5.41, 5.74) is 15.6. The maximum absolute atomic E-state index is 7.31. The van der Waals surface area contributed by atoms with Crippen molar-refractivity contribution >= 4 is 92.4 Å². The van der Waals surface area contributed by atoms with E-state index in [1.54, 1.807) is 0 Å². The van der Waals surface area contributed by atoms with Gasteiger partial charge in [0, 0.05) is 58.7 Å². The fraction of sp³-hybridized carbons (Fsp3) is 0.0164. The zero-order valence-electron chi connectivity index (χ0n) is 35.0. The predicted octanol–water partition coefficient (Wildman–Crippen LogP) is 17.4. The minimum Gasteiger partial charge on any atom is -0.456 e. The van der Waals surface area contributed by atoms with E-state index in [0.717, 1.165) is 66.5 Å². The number of hydrogen-bond acceptors (Lipinski definition) is 4. The Hall–Kier alpha value is -8.18. The molecule has 3 aromatic heterocycles. The van der Waals surface area contributed by atoms with Crippen LogP contribution in [0, 0.1) is 0 Å². The quantitative estimate of drug-likeness (QED) is 0.167. The van der Waals surface area contributed by atoms with E-state index in [9.17, 15) is 0 Å². The van der Waals surface area contributed by atoms with Gasteiger partial charge < -0.3 is 13.7 Å². The number of para-hydroxylation sites is 2. The summed E-state index contributed by atoms with van der Waals surface area (Å²) in [7, 11) is 0. The van der Waals surface area contributed by atoms with Gasteiger partial charge in [0.2, 0.25) is 0 Å². The van der Waals surface area contributed by atoms with Crippen LogP contribution in [0.25, 0.3) is 86.3 Å². The Morgan fingerprint density at radius 2 is 0.985 bits per heavy atom. The third-order valence-corrected chi connectivity index (χ3v) is 15.0. The predicted molar refractivity (Wildman–Crippen MR) is 271 cm³/mol. The molecular weight excluding hydrogens is 811 g/mol. The van der Waals surface area contributed by atoms with Gasteiger partial charge in [-0.2, -0.15) is 0 Å². The van der Waals surface area contributed by atoms with Gasteiger partial charge in [-0.3, -0.25) is 0 Å². The molecule has 0 spiro atoms. The molecule has 3 nitrogen and oxygen atoms in total. The Bertz CT molecular complexity index is 3970. The molecule has 3 heterocycles. The molecule has 0 amide bonds. The van der Waals surface area contributed by atoms with Crippen LogP contribution in [-0.4, -0.2) is 0 Å². The molecule has 13 aromatic rings. The number of hydrogen-bond donors (Lipinski definition) is 0. The van der Waals surface area contributed by atoms with Crippen molar-refractivity contribution in [2.75, 3.05) is 4.90 Å². The summed E-state index contributed by atoms with van der Waals surface area (Å²) in [6.45, 7) is 0. The number of furan rings is 2. The molecule has 0 atom stereocenters. The lowest BCUT2D eigenvalue weighted by molar-refractivity contribution is 0.663. The average Bonchev–Trinajstić information content (AvgIpc) is 4.13. The highest BCUT2D eigenvalue weighted by atomic mass is 32.1. The van der Waals surface area contributed by atoms with Crippen LogP contribution in [0.15, 0.2) is 233 Å². The summed E-state index contributed by atoms with van der Waals surface area (Å²) in [5.74, 6) is 0. The van der Waals surface area contributed by atoms with Gasteiger partial charge in [-0.15, -0.1) is 11.3 Å². The van der Waals surface area contributed by atoms with Gasteiger partial charge in [-0.05, 0) is 93.5 Å². The van der Waals surface area contributed by atoms with E-state index in [1.807, 2.05) is 17.4 Å². The van der Waals surface area contributed by atoms with E-state index in [1.165, 1.54) is 59.1 Å². The third kappa shape index (κ3) is 5.11. The molecule has 0 saturated carbocycles. The van der Waals surface area contributed by atoms with Crippen molar-refractivity contribution in [3.8, 4) is 22.3 Å². The van der Waals surface area contributed by atoms with Crippen molar-refractivity contribution in [2.45, 2.75) is 5.41 Å². The number of anilines is 3. The SMILES string of the molecule is c1ccc(N(c2ccc3c(c2)C(c2ccccc2)(c2ccccc2)c2ccccc2-3)c2ccc(-c3cccc4c3sc3ccccc34)c3c2oc2ccc4oc5ccccc5c4c23)cc1. The van der Waals surface area contributed by atoms with Crippen molar-refractivity contribution in [1.82, 2.24) is 0 Å². The largest absolute Gasteiger partial charge is 0.456 e. The van der Waals surface area contributed by atoms with E-state index in [-0.39, 0.29) is 0 Å². The summed E-state index contributed by atoms with van der Waals surface area (Å²) in [6, 6.07) is 81.3. The Morgan fingerprint density at radius 3 is 1.78 bits per heavy atom. The molecule has 65 heavy (non-hydrogen) atoms. The van der Waals surface area contributed by atoms with Gasteiger partial charge in [0.25, 0.3) is 0 Å². The summed E-state index contributed by atoms with van der Waals surface area (Å²) < 4.78 is 16.4. The number of rotatable bonds is 6. The van der Waals surface area contributed by atoms with E-state index >= 15 is 0 Å². The fourth-order valence-corrected chi connectivity index (χ4v) is 12.3. The molecule has 0 saturated heterocycles. The Morgan fingerprint density at radius 1 is 0.369 bits per heavy atom. The van der Waals surface area contributed by atoms with Crippen LogP contribution in [0.5, 0.6) is 0 Å². The molecule has 0 fully saturated rings. The molecule has 0 bridgehead atoms. The Balaban J connectivity index is 1.09. The first-order valence-electron chi connectivity index (χ1n) is 22.2. The number of benzene rings is 10. The van der Waals surface area contributed by atoms with Crippen molar-refractivity contribution in [3.63, 3.8) is 0 Å². The minimum absolute atomic E-state index is 0.553. The van der Waals surface area contributed by atoms with E-state index in [0.29, 0.717) is 0 Å². The van der Waals surface area contributed by atoms with Crippen molar-refractivity contribution < 1.29 is 8.83 Å². The third-order valence-electron chi connectivity index (χ3n) is 13.8. The van der Waals surface area contributed by atoms with Crippen molar-refractivity contribution in [3.05, 3.63) is 247 Å². The number of nitrogens with zero attached hydrogens (tertiary/aromatic N) is 1. The average molecular weight is 848 g/mol. The molecular formula is C61H37NO2S. The normalized spacial score (nSPS) is 13.0. The molecule has 10 aromatic carbocycles. The summed E-state index contributed by atoms with van der Waals surface area (Å²) in [4.78, 5) is 2.39. The van der Waals surface area contributed by atoms with Crippen molar-refractivity contribution in [1.29, 1.82) is 0 Å². The smallest absolute Gasteiger partial charge is 0.160 e. The first-order valence-corrected chi connectivity index (χ1v) is 23.0. The first kappa shape index (κ1) is 36.3.